The standard InChI is InChI=1S/C14H25F/c1-2-13(11-12-5-3-6-12)14(8-9-14)7-4-10-15/h12-13H,2-11H2,1H3. The highest BCUT2D eigenvalue weighted by atomic mass is 19.1. The zero-order valence-electron chi connectivity index (χ0n) is 10.1. The van der Waals surface area contributed by atoms with Gasteiger partial charge in [0.1, 0.15) is 0 Å². The van der Waals surface area contributed by atoms with Crippen molar-refractivity contribution in [1.82, 2.24) is 0 Å². The van der Waals surface area contributed by atoms with Crippen LogP contribution in [0.15, 0.2) is 0 Å². The summed E-state index contributed by atoms with van der Waals surface area (Å²) in [6.45, 7) is 2.22. The first kappa shape index (κ1) is 11.4. The van der Waals surface area contributed by atoms with Crippen LogP contribution in [0.3, 0.4) is 0 Å². The minimum absolute atomic E-state index is 0.110. The number of halogens is 1. The van der Waals surface area contributed by atoms with E-state index in [2.05, 4.69) is 6.92 Å². The summed E-state index contributed by atoms with van der Waals surface area (Å²) in [7, 11) is 0. The van der Waals surface area contributed by atoms with Gasteiger partial charge < -0.3 is 0 Å². The third kappa shape index (κ3) is 2.54. The molecule has 1 heteroatoms. The van der Waals surface area contributed by atoms with Crippen molar-refractivity contribution in [2.45, 2.75) is 64.7 Å². The average Bonchev–Trinajstić information content (AvgIpc) is 2.94. The lowest BCUT2D eigenvalue weighted by molar-refractivity contribution is 0.172. The van der Waals surface area contributed by atoms with Crippen molar-refractivity contribution in [1.29, 1.82) is 0 Å². The second-order valence-electron chi connectivity index (χ2n) is 5.79. The van der Waals surface area contributed by atoms with Crippen molar-refractivity contribution < 1.29 is 4.39 Å². The highest BCUT2D eigenvalue weighted by Crippen LogP contribution is 2.59. The van der Waals surface area contributed by atoms with Crippen LogP contribution in [0.5, 0.6) is 0 Å². The Balaban J connectivity index is 1.81. The molecule has 0 amide bonds. The van der Waals surface area contributed by atoms with Gasteiger partial charge in [0.05, 0.1) is 6.67 Å². The Morgan fingerprint density at radius 2 is 2.07 bits per heavy atom. The molecule has 0 aromatic carbocycles. The average molecular weight is 212 g/mol. The van der Waals surface area contributed by atoms with Gasteiger partial charge in [-0.2, -0.15) is 0 Å². The van der Waals surface area contributed by atoms with Crippen molar-refractivity contribution in [3.8, 4) is 0 Å². The molecule has 0 spiro atoms. The zero-order chi connectivity index (χ0) is 10.7. The molecule has 0 radical (unpaired) electrons. The highest BCUT2D eigenvalue weighted by Gasteiger charge is 2.48. The summed E-state index contributed by atoms with van der Waals surface area (Å²) in [5.74, 6) is 1.94. The van der Waals surface area contributed by atoms with E-state index in [0.717, 1.165) is 24.7 Å². The SMILES string of the molecule is CCC(CC1CCC1)C1(CCCF)CC1. The van der Waals surface area contributed by atoms with Crippen LogP contribution >= 0.6 is 0 Å². The minimum Gasteiger partial charge on any atom is -0.251 e. The quantitative estimate of drug-likeness (QED) is 0.572. The molecular formula is C14H25F. The molecule has 0 nitrogen and oxygen atoms in total. The summed E-state index contributed by atoms with van der Waals surface area (Å²) in [6, 6.07) is 0. The summed E-state index contributed by atoms with van der Waals surface area (Å²) in [5, 5.41) is 0. The van der Waals surface area contributed by atoms with Gasteiger partial charge in [-0.25, -0.2) is 0 Å². The number of hydrogen-bond acceptors (Lipinski definition) is 0. The van der Waals surface area contributed by atoms with Gasteiger partial charge in [0.2, 0.25) is 0 Å². The van der Waals surface area contributed by atoms with Gasteiger partial charge >= 0.3 is 0 Å². The lowest BCUT2D eigenvalue weighted by atomic mass is 9.72. The van der Waals surface area contributed by atoms with Crippen LogP contribution in [-0.2, 0) is 0 Å². The Kier molecular flexibility index (Phi) is 3.69. The minimum atomic E-state index is -0.110. The smallest absolute Gasteiger partial charge is 0.0894 e. The molecule has 0 aliphatic heterocycles. The van der Waals surface area contributed by atoms with E-state index in [-0.39, 0.29) is 6.67 Å². The first-order valence-electron chi connectivity index (χ1n) is 6.86. The van der Waals surface area contributed by atoms with Crippen molar-refractivity contribution in [3.63, 3.8) is 0 Å². The fourth-order valence-corrected chi connectivity index (χ4v) is 3.42. The van der Waals surface area contributed by atoms with Gasteiger partial charge in [-0.05, 0) is 49.4 Å². The van der Waals surface area contributed by atoms with Crippen LogP contribution in [0.4, 0.5) is 4.39 Å². The molecule has 0 aromatic heterocycles. The van der Waals surface area contributed by atoms with Crippen LogP contribution in [0.25, 0.3) is 0 Å². The van der Waals surface area contributed by atoms with E-state index >= 15 is 0 Å². The summed E-state index contributed by atoms with van der Waals surface area (Å²) in [4.78, 5) is 0. The van der Waals surface area contributed by atoms with Crippen LogP contribution < -0.4 is 0 Å². The largest absolute Gasteiger partial charge is 0.251 e. The summed E-state index contributed by atoms with van der Waals surface area (Å²) in [6.07, 6.45) is 11.9. The maximum atomic E-state index is 12.3. The van der Waals surface area contributed by atoms with Crippen molar-refractivity contribution >= 4 is 0 Å². The highest BCUT2D eigenvalue weighted by molar-refractivity contribution is 4.98. The second kappa shape index (κ2) is 4.84. The summed E-state index contributed by atoms with van der Waals surface area (Å²) in [5.41, 5.74) is 0.594. The molecule has 88 valence electrons. The van der Waals surface area contributed by atoms with E-state index in [4.69, 9.17) is 0 Å². The van der Waals surface area contributed by atoms with E-state index in [1.54, 1.807) is 0 Å². The molecule has 2 rings (SSSR count). The van der Waals surface area contributed by atoms with E-state index < -0.39 is 0 Å². The van der Waals surface area contributed by atoms with Gasteiger partial charge in [0, 0.05) is 0 Å². The molecule has 0 heterocycles. The third-order valence-corrected chi connectivity index (χ3v) is 4.90. The number of rotatable bonds is 7. The van der Waals surface area contributed by atoms with Crippen LogP contribution in [0, 0.1) is 17.3 Å². The Morgan fingerprint density at radius 3 is 2.47 bits per heavy atom. The molecule has 0 N–H and O–H groups in total. The topological polar surface area (TPSA) is 0 Å². The number of alkyl halides is 1. The van der Waals surface area contributed by atoms with E-state index in [0.29, 0.717) is 5.41 Å². The van der Waals surface area contributed by atoms with Crippen LogP contribution in [0.1, 0.15) is 64.7 Å². The molecule has 0 bridgehead atoms. The van der Waals surface area contributed by atoms with Gasteiger partial charge in [0.25, 0.3) is 0 Å². The summed E-state index contributed by atoms with van der Waals surface area (Å²) < 4.78 is 12.3. The lowest BCUT2D eigenvalue weighted by Crippen LogP contribution is -2.22. The lowest BCUT2D eigenvalue weighted by Gasteiger charge is -2.34. The van der Waals surface area contributed by atoms with E-state index in [9.17, 15) is 4.39 Å². The predicted molar refractivity (Wildman–Crippen MR) is 62.6 cm³/mol. The van der Waals surface area contributed by atoms with Crippen molar-refractivity contribution in [2.75, 3.05) is 6.67 Å². The van der Waals surface area contributed by atoms with Gasteiger partial charge in [-0.3, -0.25) is 4.39 Å². The zero-order valence-corrected chi connectivity index (χ0v) is 10.1. The Bertz CT molecular complexity index is 192. The molecule has 15 heavy (non-hydrogen) atoms. The fraction of sp³-hybridized carbons (Fsp3) is 1.00. The van der Waals surface area contributed by atoms with Crippen molar-refractivity contribution in [2.24, 2.45) is 17.3 Å². The molecule has 0 aromatic rings. The van der Waals surface area contributed by atoms with Gasteiger partial charge in [-0.1, -0.05) is 32.6 Å². The van der Waals surface area contributed by atoms with Crippen LogP contribution in [0.2, 0.25) is 0 Å². The monoisotopic (exact) mass is 212 g/mol. The molecule has 1 atom stereocenters. The van der Waals surface area contributed by atoms with Gasteiger partial charge in [0.15, 0.2) is 0 Å². The number of hydrogen-bond donors (Lipinski definition) is 0. The molecule has 2 fully saturated rings. The normalized spacial score (nSPS) is 26.0. The Hall–Kier alpha value is -0.0700. The Morgan fingerprint density at radius 1 is 1.33 bits per heavy atom. The molecule has 2 aliphatic rings. The first-order valence-corrected chi connectivity index (χ1v) is 6.86. The van der Waals surface area contributed by atoms with Gasteiger partial charge in [-0.15, -0.1) is 0 Å². The maximum Gasteiger partial charge on any atom is 0.0894 e. The van der Waals surface area contributed by atoms with Crippen molar-refractivity contribution in [3.05, 3.63) is 0 Å². The maximum absolute atomic E-state index is 12.3. The summed E-state index contributed by atoms with van der Waals surface area (Å²) >= 11 is 0. The first-order chi connectivity index (χ1) is 7.30. The van der Waals surface area contributed by atoms with Crippen LogP contribution in [-0.4, -0.2) is 6.67 Å². The predicted octanol–water partition coefficient (Wildman–Crippen LogP) is 4.73. The molecule has 2 saturated carbocycles. The third-order valence-electron chi connectivity index (χ3n) is 4.90. The fourth-order valence-electron chi connectivity index (χ4n) is 3.42. The molecular weight excluding hydrogens is 187 g/mol. The molecule has 1 unspecified atom stereocenters. The molecule has 0 saturated heterocycles. The Labute approximate surface area is 93.6 Å². The molecule has 2 aliphatic carbocycles. The second-order valence-corrected chi connectivity index (χ2v) is 5.79. The van der Waals surface area contributed by atoms with E-state index in [1.165, 1.54) is 44.9 Å². The van der Waals surface area contributed by atoms with E-state index in [1.807, 2.05) is 0 Å².